The molecular weight excluding hydrogens is 410 g/mol. The number of rotatable bonds is 6. The van der Waals surface area contributed by atoms with Crippen molar-refractivity contribution in [2.24, 2.45) is 0 Å². The van der Waals surface area contributed by atoms with E-state index in [0.29, 0.717) is 18.0 Å². The second kappa shape index (κ2) is 8.16. The normalized spacial score (nSPS) is 11.7. The van der Waals surface area contributed by atoms with Gasteiger partial charge in [-0.25, -0.2) is 8.42 Å². The minimum atomic E-state index is -3.62. The van der Waals surface area contributed by atoms with E-state index in [9.17, 15) is 8.42 Å². The van der Waals surface area contributed by atoms with E-state index >= 15 is 0 Å². The molecule has 0 N–H and O–H groups in total. The molecule has 0 bridgehead atoms. The Balaban J connectivity index is 1.99. The van der Waals surface area contributed by atoms with Crippen molar-refractivity contribution in [2.75, 3.05) is 0 Å². The summed E-state index contributed by atoms with van der Waals surface area (Å²) in [6, 6.07) is 24.5. The molecule has 3 aromatic rings. The van der Waals surface area contributed by atoms with E-state index in [0.717, 1.165) is 21.2 Å². The molecule has 26 heavy (non-hydrogen) atoms. The summed E-state index contributed by atoms with van der Waals surface area (Å²) in [7, 11) is -3.62. The molecule has 0 amide bonds. The Morgan fingerprint density at radius 3 is 1.77 bits per heavy atom. The Labute approximate surface area is 163 Å². The molecule has 0 saturated heterocycles. The van der Waals surface area contributed by atoms with Crippen molar-refractivity contribution in [1.29, 1.82) is 0 Å². The van der Waals surface area contributed by atoms with Crippen molar-refractivity contribution >= 4 is 26.0 Å². The van der Waals surface area contributed by atoms with Crippen LogP contribution < -0.4 is 0 Å². The van der Waals surface area contributed by atoms with Crippen LogP contribution in [-0.2, 0) is 23.1 Å². The maximum atomic E-state index is 13.3. The van der Waals surface area contributed by atoms with Crippen molar-refractivity contribution < 1.29 is 8.42 Å². The SMILES string of the molecule is Cc1cc(S(=O)(=O)N(Cc2ccccc2)Cc2ccccc2)ccc1Br. The van der Waals surface area contributed by atoms with E-state index in [-0.39, 0.29) is 0 Å². The summed E-state index contributed by atoms with van der Waals surface area (Å²) in [4.78, 5) is 0.310. The van der Waals surface area contributed by atoms with Gasteiger partial charge in [-0.3, -0.25) is 0 Å². The summed E-state index contributed by atoms with van der Waals surface area (Å²) >= 11 is 3.43. The van der Waals surface area contributed by atoms with Gasteiger partial charge in [-0.15, -0.1) is 0 Å². The van der Waals surface area contributed by atoms with E-state index in [2.05, 4.69) is 15.9 Å². The predicted molar refractivity (Wildman–Crippen MR) is 108 cm³/mol. The lowest BCUT2D eigenvalue weighted by molar-refractivity contribution is 0.401. The zero-order valence-corrected chi connectivity index (χ0v) is 16.9. The van der Waals surface area contributed by atoms with Gasteiger partial charge in [-0.05, 0) is 41.8 Å². The minimum absolute atomic E-state index is 0.310. The molecule has 0 aromatic heterocycles. The van der Waals surface area contributed by atoms with E-state index in [1.807, 2.05) is 67.6 Å². The quantitative estimate of drug-likeness (QED) is 0.543. The average molecular weight is 430 g/mol. The Kier molecular flexibility index (Phi) is 5.91. The van der Waals surface area contributed by atoms with E-state index in [1.54, 1.807) is 18.2 Å². The van der Waals surface area contributed by atoms with Crippen molar-refractivity contribution in [3.63, 3.8) is 0 Å². The molecule has 0 spiro atoms. The van der Waals surface area contributed by atoms with Crippen LogP contribution in [-0.4, -0.2) is 12.7 Å². The highest BCUT2D eigenvalue weighted by Gasteiger charge is 2.25. The van der Waals surface area contributed by atoms with Gasteiger partial charge in [0.15, 0.2) is 0 Å². The lowest BCUT2D eigenvalue weighted by Crippen LogP contribution is -2.30. The minimum Gasteiger partial charge on any atom is -0.207 e. The fourth-order valence-corrected chi connectivity index (χ4v) is 4.48. The maximum Gasteiger partial charge on any atom is 0.243 e. The zero-order chi connectivity index (χ0) is 18.6. The largest absolute Gasteiger partial charge is 0.243 e. The molecule has 3 aromatic carbocycles. The van der Waals surface area contributed by atoms with Crippen LogP contribution in [0.25, 0.3) is 0 Å². The van der Waals surface area contributed by atoms with Crippen LogP contribution in [0.5, 0.6) is 0 Å². The Hall–Kier alpha value is -1.95. The van der Waals surface area contributed by atoms with E-state index < -0.39 is 10.0 Å². The molecule has 0 atom stereocenters. The van der Waals surface area contributed by atoms with E-state index in [4.69, 9.17) is 0 Å². The first-order valence-electron chi connectivity index (χ1n) is 8.31. The molecular formula is C21H20BrNO2S. The summed E-state index contributed by atoms with van der Waals surface area (Å²) in [5, 5.41) is 0. The van der Waals surface area contributed by atoms with Crippen LogP contribution in [0.3, 0.4) is 0 Å². The fourth-order valence-electron chi connectivity index (χ4n) is 2.73. The van der Waals surface area contributed by atoms with Crippen LogP contribution in [0.4, 0.5) is 0 Å². The van der Waals surface area contributed by atoms with Gasteiger partial charge in [-0.1, -0.05) is 76.6 Å². The molecule has 3 nitrogen and oxygen atoms in total. The molecule has 0 fully saturated rings. The second-order valence-corrected chi connectivity index (χ2v) is 8.95. The fraction of sp³-hybridized carbons (Fsp3) is 0.143. The Morgan fingerprint density at radius 1 is 0.808 bits per heavy atom. The Bertz CT molecular complexity index is 932. The predicted octanol–water partition coefficient (Wildman–Crippen LogP) is 5.15. The van der Waals surface area contributed by atoms with Crippen LogP contribution in [0.2, 0.25) is 0 Å². The van der Waals surface area contributed by atoms with Crippen molar-refractivity contribution in [3.05, 3.63) is 100 Å². The topological polar surface area (TPSA) is 37.4 Å². The molecule has 3 rings (SSSR count). The standard InChI is InChI=1S/C21H20BrNO2S/c1-17-14-20(12-13-21(17)22)26(24,25)23(15-18-8-4-2-5-9-18)16-19-10-6-3-7-11-19/h2-14H,15-16H2,1H3. The molecule has 0 unspecified atom stereocenters. The third-order valence-corrected chi connectivity index (χ3v) is 6.85. The summed E-state index contributed by atoms with van der Waals surface area (Å²) in [6.45, 7) is 2.54. The van der Waals surface area contributed by atoms with Crippen LogP contribution in [0.15, 0.2) is 88.2 Å². The number of halogens is 1. The molecule has 0 radical (unpaired) electrons. The Morgan fingerprint density at radius 2 is 1.31 bits per heavy atom. The highest BCUT2D eigenvalue weighted by atomic mass is 79.9. The first-order chi connectivity index (χ1) is 12.5. The highest BCUT2D eigenvalue weighted by Crippen LogP contribution is 2.25. The van der Waals surface area contributed by atoms with Gasteiger partial charge < -0.3 is 0 Å². The van der Waals surface area contributed by atoms with Crippen LogP contribution >= 0.6 is 15.9 Å². The summed E-state index contributed by atoms with van der Waals surface area (Å²) in [6.07, 6.45) is 0. The third kappa shape index (κ3) is 4.41. The summed E-state index contributed by atoms with van der Waals surface area (Å²) in [5.74, 6) is 0. The van der Waals surface area contributed by atoms with Gasteiger partial charge >= 0.3 is 0 Å². The van der Waals surface area contributed by atoms with Gasteiger partial charge in [0, 0.05) is 17.6 Å². The molecule has 0 aliphatic heterocycles. The third-order valence-electron chi connectivity index (χ3n) is 4.17. The summed E-state index contributed by atoms with van der Waals surface area (Å²) < 4.78 is 29.1. The molecule has 0 aliphatic rings. The van der Waals surface area contributed by atoms with Gasteiger partial charge in [0.05, 0.1) is 4.90 Å². The molecule has 5 heteroatoms. The average Bonchev–Trinajstić information content (AvgIpc) is 2.65. The number of hydrogen-bond donors (Lipinski definition) is 0. The van der Waals surface area contributed by atoms with Crippen molar-refractivity contribution in [1.82, 2.24) is 4.31 Å². The van der Waals surface area contributed by atoms with Gasteiger partial charge in [0.25, 0.3) is 0 Å². The smallest absolute Gasteiger partial charge is 0.207 e. The van der Waals surface area contributed by atoms with Crippen molar-refractivity contribution in [2.45, 2.75) is 24.9 Å². The van der Waals surface area contributed by atoms with Crippen LogP contribution in [0.1, 0.15) is 16.7 Å². The van der Waals surface area contributed by atoms with Gasteiger partial charge in [0.2, 0.25) is 10.0 Å². The number of nitrogens with zero attached hydrogens (tertiary/aromatic N) is 1. The summed E-state index contributed by atoms with van der Waals surface area (Å²) in [5.41, 5.74) is 2.81. The van der Waals surface area contributed by atoms with E-state index in [1.165, 1.54) is 4.31 Å². The van der Waals surface area contributed by atoms with Crippen LogP contribution in [0, 0.1) is 6.92 Å². The zero-order valence-electron chi connectivity index (χ0n) is 14.5. The maximum absolute atomic E-state index is 13.3. The number of sulfonamides is 1. The van der Waals surface area contributed by atoms with Gasteiger partial charge in [-0.2, -0.15) is 4.31 Å². The number of benzene rings is 3. The first kappa shape index (κ1) is 18.8. The molecule has 0 aliphatic carbocycles. The number of hydrogen-bond acceptors (Lipinski definition) is 2. The molecule has 134 valence electrons. The first-order valence-corrected chi connectivity index (χ1v) is 10.5. The number of aryl methyl sites for hydroxylation is 1. The molecule has 0 heterocycles. The lowest BCUT2D eigenvalue weighted by Gasteiger charge is -2.23. The molecule has 0 saturated carbocycles. The lowest BCUT2D eigenvalue weighted by atomic mass is 10.2. The second-order valence-electron chi connectivity index (χ2n) is 6.16. The highest BCUT2D eigenvalue weighted by molar-refractivity contribution is 9.10. The van der Waals surface area contributed by atoms with Crippen molar-refractivity contribution in [3.8, 4) is 0 Å². The monoisotopic (exact) mass is 429 g/mol. The van der Waals surface area contributed by atoms with Gasteiger partial charge in [0.1, 0.15) is 0 Å².